The van der Waals surface area contributed by atoms with E-state index >= 15 is 0 Å². The molecule has 3 aromatic heterocycles. The molecule has 0 atom stereocenters. The monoisotopic (exact) mass is 465 g/mol. The Labute approximate surface area is 199 Å². The normalized spacial score (nSPS) is 14.1. The number of H-pyrrole nitrogens is 1. The van der Waals surface area contributed by atoms with Crippen LogP contribution < -0.4 is 15.5 Å². The molecule has 0 spiro atoms. The summed E-state index contributed by atoms with van der Waals surface area (Å²) in [7, 11) is 3.93. The third kappa shape index (κ3) is 5.22. The van der Waals surface area contributed by atoms with E-state index in [4.69, 9.17) is 0 Å². The van der Waals surface area contributed by atoms with Crippen molar-refractivity contribution < 1.29 is 0 Å². The van der Waals surface area contributed by atoms with E-state index in [1.807, 2.05) is 37.3 Å². The minimum atomic E-state index is 0. The van der Waals surface area contributed by atoms with Gasteiger partial charge in [-0.05, 0) is 29.8 Å². The average molecular weight is 466 g/mol. The van der Waals surface area contributed by atoms with E-state index in [9.17, 15) is 0 Å². The van der Waals surface area contributed by atoms with E-state index in [0.717, 1.165) is 66.7 Å². The molecule has 10 heteroatoms. The molecule has 5 rings (SSSR count). The summed E-state index contributed by atoms with van der Waals surface area (Å²) in [6.45, 7) is 5.15. The number of imidazole rings is 1. The highest BCUT2D eigenvalue weighted by Crippen LogP contribution is 2.28. The van der Waals surface area contributed by atoms with E-state index in [1.165, 1.54) is 5.56 Å². The van der Waals surface area contributed by atoms with Crippen LogP contribution in [0.15, 0.2) is 48.9 Å². The summed E-state index contributed by atoms with van der Waals surface area (Å²) >= 11 is 0. The highest BCUT2D eigenvalue weighted by atomic mass is 35.5. The maximum atomic E-state index is 4.67. The summed E-state index contributed by atoms with van der Waals surface area (Å²) in [4.78, 5) is 25.9. The SMILES string of the molecule is CN(C)c1nccnc1-c1ccc2nc(Nc3cc(CN4CCNCC4)ccn3)[nH]c2c1.Cl. The van der Waals surface area contributed by atoms with Gasteiger partial charge in [-0.25, -0.2) is 15.0 Å². The first kappa shape index (κ1) is 22.9. The fraction of sp³-hybridized carbons (Fsp3) is 0.304. The largest absolute Gasteiger partial charge is 0.361 e. The molecule has 0 amide bonds. The standard InChI is InChI=1S/C23H27N9.ClH/c1-31(2)22-21(26-7-8-27-22)17-3-4-18-19(14-17)29-23(28-18)30-20-13-16(5-6-25-20)15-32-11-9-24-10-12-32;/h3-8,13-14,24H,9-12,15H2,1-2H3,(H2,25,28,29,30);1H. The van der Waals surface area contributed by atoms with Crippen molar-refractivity contribution in [2.75, 3.05) is 50.5 Å². The number of anilines is 3. The summed E-state index contributed by atoms with van der Waals surface area (Å²) in [6, 6.07) is 10.2. The molecule has 1 aliphatic rings. The molecule has 1 aliphatic heterocycles. The van der Waals surface area contributed by atoms with Gasteiger partial charge in [0.05, 0.1) is 11.0 Å². The van der Waals surface area contributed by atoms with Crippen LogP contribution in [0, 0.1) is 0 Å². The van der Waals surface area contributed by atoms with Gasteiger partial charge in [-0.15, -0.1) is 12.4 Å². The maximum Gasteiger partial charge on any atom is 0.206 e. The van der Waals surface area contributed by atoms with Gasteiger partial charge in [0, 0.05) is 71.0 Å². The summed E-state index contributed by atoms with van der Waals surface area (Å²) < 4.78 is 0. The summed E-state index contributed by atoms with van der Waals surface area (Å²) in [6.07, 6.45) is 5.27. The zero-order chi connectivity index (χ0) is 21.9. The van der Waals surface area contributed by atoms with Crippen molar-refractivity contribution in [3.63, 3.8) is 0 Å². The first-order chi connectivity index (χ1) is 15.7. The molecule has 9 nitrogen and oxygen atoms in total. The second-order valence-corrected chi connectivity index (χ2v) is 8.14. The van der Waals surface area contributed by atoms with E-state index in [2.05, 4.69) is 58.7 Å². The number of nitrogens with zero attached hydrogens (tertiary/aromatic N) is 6. The van der Waals surface area contributed by atoms with Gasteiger partial charge >= 0.3 is 0 Å². The lowest BCUT2D eigenvalue weighted by Crippen LogP contribution is -2.42. The lowest BCUT2D eigenvalue weighted by molar-refractivity contribution is 0.233. The molecule has 0 unspecified atom stereocenters. The zero-order valence-electron chi connectivity index (χ0n) is 18.7. The number of aromatic amines is 1. The molecule has 0 saturated carbocycles. The number of rotatable bonds is 6. The first-order valence-corrected chi connectivity index (χ1v) is 10.8. The van der Waals surface area contributed by atoms with Gasteiger partial charge in [0.1, 0.15) is 11.5 Å². The zero-order valence-corrected chi connectivity index (χ0v) is 19.6. The van der Waals surface area contributed by atoms with Gasteiger partial charge < -0.3 is 20.5 Å². The lowest BCUT2D eigenvalue weighted by atomic mass is 10.1. The molecule has 1 fully saturated rings. The van der Waals surface area contributed by atoms with Crippen LogP contribution >= 0.6 is 12.4 Å². The number of aromatic nitrogens is 5. The van der Waals surface area contributed by atoms with E-state index in [0.29, 0.717) is 5.95 Å². The minimum absolute atomic E-state index is 0. The van der Waals surface area contributed by atoms with Crippen molar-refractivity contribution in [3.8, 4) is 11.3 Å². The number of pyridine rings is 1. The van der Waals surface area contributed by atoms with Crippen molar-refractivity contribution >= 4 is 41.0 Å². The van der Waals surface area contributed by atoms with Crippen LogP contribution in [0.25, 0.3) is 22.3 Å². The Morgan fingerprint density at radius 1 is 1.00 bits per heavy atom. The Bertz CT molecular complexity index is 1220. The number of fused-ring (bicyclic) bond motifs is 1. The van der Waals surface area contributed by atoms with Crippen molar-refractivity contribution in [2.45, 2.75) is 6.54 Å². The Balaban J connectivity index is 0.00000259. The van der Waals surface area contributed by atoms with Crippen molar-refractivity contribution in [3.05, 3.63) is 54.5 Å². The molecule has 0 bridgehead atoms. The van der Waals surface area contributed by atoms with Crippen LogP contribution in [-0.4, -0.2) is 70.1 Å². The molecule has 0 radical (unpaired) electrons. The third-order valence-electron chi connectivity index (χ3n) is 5.54. The van der Waals surface area contributed by atoms with Crippen LogP contribution in [0.2, 0.25) is 0 Å². The van der Waals surface area contributed by atoms with Crippen molar-refractivity contribution in [1.29, 1.82) is 0 Å². The number of halogens is 1. The third-order valence-corrected chi connectivity index (χ3v) is 5.54. The summed E-state index contributed by atoms with van der Waals surface area (Å²) in [5.74, 6) is 2.27. The Kier molecular flexibility index (Phi) is 7.02. The predicted molar refractivity (Wildman–Crippen MR) is 134 cm³/mol. The molecule has 172 valence electrons. The molecule has 1 saturated heterocycles. The predicted octanol–water partition coefficient (Wildman–Crippen LogP) is 3.05. The van der Waals surface area contributed by atoms with Gasteiger partial charge in [0.15, 0.2) is 5.82 Å². The number of nitrogens with one attached hydrogen (secondary N) is 3. The van der Waals surface area contributed by atoms with E-state index in [-0.39, 0.29) is 12.4 Å². The maximum absolute atomic E-state index is 4.67. The number of benzene rings is 1. The average Bonchev–Trinajstić information content (AvgIpc) is 3.21. The molecule has 4 aromatic rings. The summed E-state index contributed by atoms with van der Waals surface area (Å²) in [5, 5.41) is 6.71. The molecule has 4 heterocycles. The molecule has 1 aromatic carbocycles. The van der Waals surface area contributed by atoms with Crippen LogP contribution in [-0.2, 0) is 6.54 Å². The molecule has 0 aliphatic carbocycles. The minimum Gasteiger partial charge on any atom is -0.361 e. The molecule has 3 N–H and O–H groups in total. The lowest BCUT2D eigenvalue weighted by Gasteiger charge is -2.27. The van der Waals surface area contributed by atoms with Crippen LogP contribution in [0.5, 0.6) is 0 Å². The topological polar surface area (TPSA) is 97.9 Å². The quantitative estimate of drug-likeness (QED) is 0.399. The van der Waals surface area contributed by atoms with E-state index < -0.39 is 0 Å². The fourth-order valence-electron chi connectivity index (χ4n) is 3.97. The molecular weight excluding hydrogens is 438 g/mol. The van der Waals surface area contributed by atoms with Gasteiger partial charge in [0.2, 0.25) is 5.95 Å². The number of hydrogen-bond acceptors (Lipinski definition) is 8. The fourth-order valence-corrected chi connectivity index (χ4v) is 3.97. The van der Waals surface area contributed by atoms with Gasteiger partial charge in [-0.2, -0.15) is 0 Å². The number of piperazine rings is 1. The van der Waals surface area contributed by atoms with Gasteiger partial charge in [-0.1, -0.05) is 6.07 Å². The van der Waals surface area contributed by atoms with Crippen molar-refractivity contribution in [1.82, 2.24) is 35.1 Å². The second-order valence-electron chi connectivity index (χ2n) is 8.14. The second kappa shape index (κ2) is 10.1. The Hall–Kier alpha value is -3.27. The van der Waals surface area contributed by atoms with Crippen LogP contribution in [0.4, 0.5) is 17.6 Å². The van der Waals surface area contributed by atoms with Crippen LogP contribution in [0.1, 0.15) is 5.56 Å². The van der Waals surface area contributed by atoms with Gasteiger partial charge in [-0.3, -0.25) is 9.88 Å². The van der Waals surface area contributed by atoms with Crippen LogP contribution in [0.3, 0.4) is 0 Å². The first-order valence-electron chi connectivity index (χ1n) is 10.8. The van der Waals surface area contributed by atoms with Crippen molar-refractivity contribution in [2.24, 2.45) is 0 Å². The highest BCUT2D eigenvalue weighted by Gasteiger charge is 2.13. The van der Waals surface area contributed by atoms with E-state index in [1.54, 1.807) is 12.4 Å². The highest BCUT2D eigenvalue weighted by molar-refractivity contribution is 5.86. The smallest absolute Gasteiger partial charge is 0.206 e. The molecular formula is C23H28ClN9. The number of hydrogen-bond donors (Lipinski definition) is 3. The Morgan fingerprint density at radius 2 is 1.82 bits per heavy atom. The molecule has 33 heavy (non-hydrogen) atoms. The summed E-state index contributed by atoms with van der Waals surface area (Å²) in [5.41, 5.74) is 4.87. The Morgan fingerprint density at radius 3 is 2.64 bits per heavy atom. The van der Waals surface area contributed by atoms with Gasteiger partial charge in [0.25, 0.3) is 0 Å².